The van der Waals surface area contributed by atoms with Gasteiger partial charge in [-0.05, 0) is 43.2 Å². The van der Waals surface area contributed by atoms with E-state index in [0.29, 0.717) is 11.9 Å². The number of amides is 1. The number of anilines is 3. The predicted molar refractivity (Wildman–Crippen MR) is 119 cm³/mol. The smallest absolute Gasteiger partial charge is 0.237 e. The van der Waals surface area contributed by atoms with E-state index >= 15 is 0 Å². The fourth-order valence-electron chi connectivity index (χ4n) is 4.17. The normalized spacial score (nSPS) is 14.7. The molecular weight excluding hydrogens is 374 g/mol. The third-order valence-corrected chi connectivity index (χ3v) is 5.79. The highest BCUT2D eigenvalue weighted by atomic mass is 16.1. The summed E-state index contributed by atoms with van der Waals surface area (Å²) in [7, 11) is 0. The number of carbonyl (C=O) groups is 1. The molecule has 0 atom stereocenters. The number of rotatable bonds is 5. The first-order chi connectivity index (χ1) is 14.8. The molecule has 5 rings (SSSR count). The molecule has 6 heteroatoms. The average Bonchev–Trinajstić information content (AvgIpc) is 3.25. The van der Waals surface area contributed by atoms with Crippen LogP contribution >= 0.6 is 0 Å². The molecular formula is C24H23N5O. The molecule has 0 radical (unpaired) electrons. The summed E-state index contributed by atoms with van der Waals surface area (Å²) < 4.78 is 0. The van der Waals surface area contributed by atoms with Crippen molar-refractivity contribution in [1.82, 2.24) is 15.0 Å². The quantitative estimate of drug-likeness (QED) is 0.499. The summed E-state index contributed by atoms with van der Waals surface area (Å²) in [5, 5.41) is 0. The van der Waals surface area contributed by atoms with Crippen LogP contribution in [0.4, 0.5) is 17.3 Å². The molecule has 4 aromatic rings. The molecule has 150 valence electrons. The number of carbonyl (C=O) groups excluding carboxylic acids is 1. The Hall–Kier alpha value is -3.67. The number of nitrogens with zero attached hydrogens (tertiary/aromatic N) is 4. The van der Waals surface area contributed by atoms with Crippen molar-refractivity contribution in [3.8, 4) is 0 Å². The van der Waals surface area contributed by atoms with Crippen LogP contribution in [0, 0.1) is 0 Å². The molecule has 30 heavy (non-hydrogen) atoms. The van der Waals surface area contributed by atoms with Gasteiger partial charge in [0.25, 0.3) is 0 Å². The zero-order chi connectivity index (χ0) is 20.3. The Labute approximate surface area is 175 Å². The van der Waals surface area contributed by atoms with Gasteiger partial charge in [0, 0.05) is 30.4 Å². The second kappa shape index (κ2) is 7.99. The summed E-state index contributed by atoms with van der Waals surface area (Å²) in [5.74, 6) is 0.854. The molecule has 0 unspecified atom stereocenters. The highest BCUT2D eigenvalue weighted by molar-refractivity contribution is 5.85. The van der Waals surface area contributed by atoms with Gasteiger partial charge in [0.2, 0.25) is 12.4 Å². The summed E-state index contributed by atoms with van der Waals surface area (Å²) in [4.78, 5) is 28.1. The van der Waals surface area contributed by atoms with E-state index in [2.05, 4.69) is 56.3 Å². The van der Waals surface area contributed by atoms with Crippen molar-refractivity contribution < 1.29 is 4.79 Å². The second-order valence-corrected chi connectivity index (χ2v) is 7.60. The van der Waals surface area contributed by atoms with E-state index in [1.165, 1.54) is 16.3 Å². The highest BCUT2D eigenvalue weighted by Crippen LogP contribution is 2.32. The molecule has 0 spiro atoms. The van der Waals surface area contributed by atoms with Crippen molar-refractivity contribution in [3.63, 3.8) is 0 Å². The molecule has 0 aliphatic carbocycles. The van der Waals surface area contributed by atoms with Crippen LogP contribution in [0.25, 0.3) is 11.0 Å². The van der Waals surface area contributed by atoms with Crippen LogP contribution in [-0.2, 0) is 4.79 Å². The van der Waals surface area contributed by atoms with Crippen LogP contribution in [-0.4, -0.2) is 34.5 Å². The van der Waals surface area contributed by atoms with Crippen molar-refractivity contribution in [2.24, 2.45) is 0 Å². The molecule has 2 aromatic heterocycles. The topological polar surface area (TPSA) is 65.1 Å². The summed E-state index contributed by atoms with van der Waals surface area (Å²) in [6.07, 6.45) is 4.70. The van der Waals surface area contributed by atoms with Crippen LogP contribution in [0.5, 0.6) is 0 Å². The number of fused-ring (bicyclic) bond motifs is 1. The van der Waals surface area contributed by atoms with E-state index in [1.807, 2.05) is 30.3 Å². The van der Waals surface area contributed by atoms with Gasteiger partial charge >= 0.3 is 0 Å². The SMILES string of the molecule is O=CN(c1ccccc1)c1ncc2[nH]c(C3CCN(c4ccccc4)CC3)cc2n1. The Morgan fingerprint density at radius 2 is 1.70 bits per heavy atom. The Bertz CT molecular complexity index is 1130. The van der Waals surface area contributed by atoms with Gasteiger partial charge in [0.15, 0.2) is 0 Å². The zero-order valence-electron chi connectivity index (χ0n) is 16.6. The first-order valence-electron chi connectivity index (χ1n) is 10.3. The maximum atomic E-state index is 11.7. The highest BCUT2D eigenvalue weighted by Gasteiger charge is 2.23. The molecule has 3 heterocycles. The minimum atomic E-state index is 0.383. The number of aromatic amines is 1. The molecule has 1 aliphatic rings. The maximum absolute atomic E-state index is 11.7. The Kier molecular flexibility index (Phi) is 4.89. The number of nitrogens with one attached hydrogen (secondary N) is 1. The summed E-state index contributed by atoms with van der Waals surface area (Å²) in [6, 6.07) is 22.1. The average molecular weight is 397 g/mol. The molecule has 1 N–H and O–H groups in total. The largest absolute Gasteiger partial charge is 0.371 e. The molecule has 1 aliphatic heterocycles. The lowest BCUT2D eigenvalue weighted by Crippen LogP contribution is -2.32. The van der Waals surface area contributed by atoms with Crippen LogP contribution in [0.2, 0.25) is 0 Å². The number of para-hydroxylation sites is 2. The first-order valence-corrected chi connectivity index (χ1v) is 10.3. The van der Waals surface area contributed by atoms with Crippen molar-refractivity contribution in [1.29, 1.82) is 0 Å². The molecule has 0 saturated carbocycles. The minimum Gasteiger partial charge on any atom is -0.371 e. The van der Waals surface area contributed by atoms with E-state index in [0.717, 1.165) is 49.1 Å². The number of H-pyrrole nitrogens is 1. The maximum Gasteiger partial charge on any atom is 0.237 e. The van der Waals surface area contributed by atoms with E-state index in [4.69, 9.17) is 0 Å². The second-order valence-electron chi connectivity index (χ2n) is 7.60. The van der Waals surface area contributed by atoms with Crippen LogP contribution in [0.1, 0.15) is 24.5 Å². The van der Waals surface area contributed by atoms with Crippen molar-refractivity contribution in [3.05, 3.63) is 78.6 Å². The molecule has 6 nitrogen and oxygen atoms in total. The Balaban J connectivity index is 1.35. The van der Waals surface area contributed by atoms with Gasteiger partial charge in [-0.1, -0.05) is 36.4 Å². The molecule has 2 aromatic carbocycles. The lowest BCUT2D eigenvalue weighted by molar-refractivity contribution is -0.106. The van der Waals surface area contributed by atoms with Crippen molar-refractivity contribution in [2.45, 2.75) is 18.8 Å². The molecule has 0 bridgehead atoms. The summed E-state index contributed by atoms with van der Waals surface area (Å²) in [6.45, 7) is 2.07. The minimum absolute atomic E-state index is 0.383. The van der Waals surface area contributed by atoms with Gasteiger partial charge < -0.3 is 9.88 Å². The van der Waals surface area contributed by atoms with Gasteiger partial charge in [0.1, 0.15) is 0 Å². The van der Waals surface area contributed by atoms with Gasteiger partial charge in [-0.3, -0.25) is 9.69 Å². The zero-order valence-corrected chi connectivity index (χ0v) is 16.6. The van der Waals surface area contributed by atoms with Crippen LogP contribution < -0.4 is 9.80 Å². The first kappa shape index (κ1) is 18.4. The molecule has 1 fully saturated rings. The number of hydrogen-bond acceptors (Lipinski definition) is 4. The number of benzene rings is 2. The van der Waals surface area contributed by atoms with Gasteiger partial charge in [0.05, 0.1) is 22.9 Å². The summed E-state index contributed by atoms with van der Waals surface area (Å²) in [5.41, 5.74) is 4.97. The number of aromatic nitrogens is 3. The fraction of sp³-hybridized carbons (Fsp3) is 0.208. The third-order valence-electron chi connectivity index (χ3n) is 5.79. The predicted octanol–water partition coefficient (Wildman–Crippen LogP) is 4.64. The lowest BCUT2D eigenvalue weighted by atomic mass is 9.93. The Morgan fingerprint density at radius 1 is 1.00 bits per heavy atom. The summed E-state index contributed by atoms with van der Waals surface area (Å²) >= 11 is 0. The van der Waals surface area contributed by atoms with E-state index in [1.54, 1.807) is 6.20 Å². The number of hydrogen-bond donors (Lipinski definition) is 1. The van der Waals surface area contributed by atoms with Gasteiger partial charge in [-0.2, -0.15) is 0 Å². The van der Waals surface area contributed by atoms with Gasteiger partial charge in [-0.25, -0.2) is 9.97 Å². The third kappa shape index (κ3) is 3.52. The van der Waals surface area contributed by atoms with E-state index < -0.39 is 0 Å². The lowest BCUT2D eigenvalue weighted by Gasteiger charge is -2.33. The fourth-order valence-corrected chi connectivity index (χ4v) is 4.17. The van der Waals surface area contributed by atoms with Crippen LogP contribution in [0.15, 0.2) is 72.9 Å². The monoisotopic (exact) mass is 397 g/mol. The molecule has 1 saturated heterocycles. The van der Waals surface area contributed by atoms with Gasteiger partial charge in [-0.15, -0.1) is 0 Å². The van der Waals surface area contributed by atoms with Crippen molar-refractivity contribution >= 4 is 34.8 Å². The Morgan fingerprint density at radius 3 is 2.40 bits per heavy atom. The number of piperidine rings is 1. The van der Waals surface area contributed by atoms with E-state index in [9.17, 15) is 4.79 Å². The van der Waals surface area contributed by atoms with E-state index in [-0.39, 0.29) is 0 Å². The van der Waals surface area contributed by atoms with Crippen molar-refractivity contribution in [2.75, 3.05) is 22.9 Å². The standard InChI is InChI=1S/C24H23N5O/c30-17-29(20-9-5-2-6-10-20)24-25-16-23-22(27-24)15-21(26-23)18-11-13-28(14-12-18)19-7-3-1-4-8-19/h1-10,15-18,26H,11-14H2. The van der Waals surface area contributed by atoms with Crippen LogP contribution in [0.3, 0.4) is 0 Å². The molecule has 1 amide bonds.